The van der Waals surface area contributed by atoms with Crippen LogP contribution in [0.4, 0.5) is 5.69 Å². The summed E-state index contributed by atoms with van der Waals surface area (Å²) >= 11 is 0. The van der Waals surface area contributed by atoms with Gasteiger partial charge in [-0.25, -0.2) is 0 Å². The number of fused-ring (bicyclic) bond motifs is 2. The van der Waals surface area contributed by atoms with Crippen molar-refractivity contribution in [2.45, 2.75) is 37.9 Å². The monoisotopic (exact) mass is 332 g/mol. The first-order valence-electron chi connectivity index (χ1n) is 8.09. The highest BCUT2D eigenvalue weighted by molar-refractivity contribution is 5.96. The van der Waals surface area contributed by atoms with E-state index in [4.69, 9.17) is 9.84 Å². The van der Waals surface area contributed by atoms with Crippen LogP contribution < -0.4 is 10.6 Å². The average Bonchev–Trinajstić information content (AvgIpc) is 3.18. The van der Waals surface area contributed by atoms with E-state index in [1.165, 1.54) is 0 Å². The summed E-state index contributed by atoms with van der Waals surface area (Å²) in [6.07, 6.45) is 2.90. The van der Waals surface area contributed by atoms with E-state index < -0.39 is 5.97 Å². The van der Waals surface area contributed by atoms with E-state index in [-0.39, 0.29) is 42.9 Å². The Bertz CT molecular complexity index is 643. The summed E-state index contributed by atoms with van der Waals surface area (Å²) in [6, 6.07) is 6.53. The van der Waals surface area contributed by atoms with Crippen LogP contribution in [0.3, 0.4) is 0 Å². The number of carboxylic acids is 1. The zero-order chi connectivity index (χ0) is 17.1. The molecule has 0 aliphatic carbocycles. The minimum absolute atomic E-state index is 0.0364. The van der Waals surface area contributed by atoms with Crippen molar-refractivity contribution >= 4 is 23.5 Å². The Labute approximate surface area is 139 Å². The first kappa shape index (κ1) is 16.4. The summed E-state index contributed by atoms with van der Waals surface area (Å²) < 4.78 is 5.69. The number of carbonyl (C=O) groups is 3. The zero-order valence-corrected chi connectivity index (χ0v) is 13.2. The van der Waals surface area contributed by atoms with E-state index in [2.05, 4.69) is 10.6 Å². The Morgan fingerprint density at radius 3 is 2.50 bits per heavy atom. The molecule has 7 nitrogen and oxygen atoms in total. The number of hydrogen-bond donors (Lipinski definition) is 3. The Balaban J connectivity index is 1.52. The Kier molecular flexibility index (Phi) is 4.80. The number of benzene rings is 1. The third-order valence-electron chi connectivity index (χ3n) is 4.48. The largest absolute Gasteiger partial charge is 0.481 e. The summed E-state index contributed by atoms with van der Waals surface area (Å²) in [7, 11) is 0. The second-order valence-corrected chi connectivity index (χ2v) is 6.18. The molecule has 2 bridgehead atoms. The molecule has 3 rings (SSSR count). The second kappa shape index (κ2) is 7.00. The molecule has 0 aromatic heterocycles. The fourth-order valence-electron chi connectivity index (χ4n) is 3.24. The molecule has 24 heavy (non-hydrogen) atoms. The molecule has 0 saturated carbocycles. The number of carbonyl (C=O) groups excluding carboxylic acids is 2. The fraction of sp³-hybridized carbons (Fsp3) is 0.471. The number of rotatable bonds is 6. The number of amides is 2. The first-order chi connectivity index (χ1) is 11.5. The standard InChI is InChI=1S/C17H20N2O5/c20-15(21)7-8-18-16(22)10-1-3-11(4-2-10)19-17(23)13-9-12-5-6-14(13)24-12/h1-4,12-14H,5-9H2,(H,18,22)(H,19,23)(H,20,21). The van der Waals surface area contributed by atoms with Crippen LogP contribution in [-0.2, 0) is 14.3 Å². The van der Waals surface area contributed by atoms with Gasteiger partial charge in [-0.1, -0.05) is 0 Å². The molecular formula is C17H20N2O5. The Hall–Kier alpha value is -2.41. The lowest BCUT2D eigenvalue weighted by molar-refractivity contribution is -0.136. The van der Waals surface area contributed by atoms with Gasteiger partial charge in [0, 0.05) is 17.8 Å². The van der Waals surface area contributed by atoms with E-state index in [1.807, 2.05) is 0 Å². The third-order valence-corrected chi connectivity index (χ3v) is 4.48. The molecule has 2 amide bonds. The van der Waals surface area contributed by atoms with Gasteiger partial charge in [0.15, 0.2) is 0 Å². The molecule has 2 aliphatic heterocycles. The van der Waals surface area contributed by atoms with Crippen LogP contribution in [0.1, 0.15) is 36.0 Å². The van der Waals surface area contributed by atoms with Crippen molar-refractivity contribution in [2.75, 3.05) is 11.9 Å². The number of ether oxygens (including phenoxy) is 1. The molecule has 3 unspecified atom stereocenters. The molecule has 2 aliphatic rings. The highest BCUT2D eigenvalue weighted by atomic mass is 16.5. The lowest BCUT2D eigenvalue weighted by atomic mass is 9.88. The van der Waals surface area contributed by atoms with Crippen LogP contribution in [0.15, 0.2) is 24.3 Å². The minimum atomic E-state index is -0.960. The molecule has 1 aromatic carbocycles. The highest BCUT2D eigenvalue weighted by Crippen LogP contribution is 2.39. The van der Waals surface area contributed by atoms with E-state index in [0.29, 0.717) is 11.3 Å². The molecular weight excluding hydrogens is 312 g/mol. The molecule has 0 radical (unpaired) electrons. The fourth-order valence-corrected chi connectivity index (χ4v) is 3.24. The van der Waals surface area contributed by atoms with Crippen LogP contribution >= 0.6 is 0 Å². The molecule has 3 atom stereocenters. The van der Waals surface area contributed by atoms with Gasteiger partial charge in [0.05, 0.1) is 24.5 Å². The number of nitrogens with one attached hydrogen (secondary N) is 2. The lowest BCUT2D eigenvalue weighted by Crippen LogP contribution is -2.30. The Morgan fingerprint density at radius 1 is 1.17 bits per heavy atom. The van der Waals surface area contributed by atoms with Gasteiger partial charge in [0.2, 0.25) is 5.91 Å². The lowest BCUT2D eigenvalue weighted by Gasteiger charge is -2.18. The topological polar surface area (TPSA) is 105 Å². The van der Waals surface area contributed by atoms with Gasteiger partial charge >= 0.3 is 5.97 Å². The van der Waals surface area contributed by atoms with Crippen molar-refractivity contribution < 1.29 is 24.2 Å². The van der Waals surface area contributed by atoms with E-state index in [9.17, 15) is 14.4 Å². The zero-order valence-electron chi connectivity index (χ0n) is 13.2. The van der Waals surface area contributed by atoms with Gasteiger partial charge in [-0.05, 0) is 43.5 Å². The van der Waals surface area contributed by atoms with Crippen LogP contribution in [0.5, 0.6) is 0 Å². The second-order valence-electron chi connectivity index (χ2n) is 6.18. The highest BCUT2D eigenvalue weighted by Gasteiger charge is 2.44. The van der Waals surface area contributed by atoms with Crippen LogP contribution in [0.2, 0.25) is 0 Å². The average molecular weight is 332 g/mol. The summed E-state index contributed by atoms with van der Waals surface area (Å²) in [5.41, 5.74) is 1.05. The number of anilines is 1. The molecule has 2 saturated heterocycles. The summed E-state index contributed by atoms with van der Waals surface area (Å²) in [6.45, 7) is 0.0802. The molecule has 2 fully saturated rings. The maximum Gasteiger partial charge on any atom is 0.305 e. The van der Waals surface area contributed by atoms with Crippen molar-refractivity contribution in [3.8, 4) is 0 Å². The van der Waals surface area contributed by atoms with E-state index in [1.54, 1.807) is 24.3 Å². The number of carboxylic acid groups (broad SMARTS) is 1. The molecule has 3 N–H and O–H groups in total. The van der Waals surface area contributed by atoms with Gasteiger partial charge in [0.1, 0.15) is 0 Å². The van der Waals surface area contributed by atoms with Crippen molar-refractivity contribution in [1.82, 2.24) is 5.32 Å². The van der Waals surface area contributed by atoms with Crippen molar-refractivity contribution in [3.63, 3.8) is 0 Å². The van der Waals surface area contributed by atoms with Crippen LogP contribution in [-0.4, -0.2) is 41.6 Å². The van der Waals surface area contributed by atoms with Gasteiger partial charge < -0.3 is 20.5 Å². The number of aliphatic carboxylic acids is 1. The van der Waals surface area contributed by atoms with Crippen molar-refractivity contribution in [1.29, 1.82) is 0 Å². The van der Waals surface area contributed by atoms with Crippen molar-refractivity contribution in [2.24, 2.45) is 5.92 Å². The SMILES string of the molecule is O=C(O)CCNC(=O)c1ccc(NC(=O)C2CC3CCC2O3)cc1. The molecule has 0 spiro atoms. The van der Waals surface area contributed by atoms with Crippen LogP contribution in [0.25, 0.3) is 0 Å². The normalized spacial score (nSPS) is 24.6. The molecule has 1 aromatic rings. The predicted octanol–water partition coefficient (Wildman–Crippen LogP) is 1.40. The van der Waals surface area contributed by atoms with E-state index >= 15 is 0 Å². The number of hydrogen-bond acceptors (Lipinski definition) is 4. The van der Waals surface area contributed by atoms with E-state index in [0.717, 1.165) is 19.3 Å². The Morgan fingerprint density at radius 2 is 1.92 bits per heavy atom. The van der Waals surface area contributed by atoms with Gasteiger partial charge in [-0.3, -0.25) is 14.4 Å². The third kappa shape index (κ3) is 3.73. The first-order valence-corrected chi connectivity index (χ1v) is 8.09. The smallest absolute Gasteiger partial charge is 0.305 e. The summed E-state index contributed by atoms with van der Waals surface area (Å²) in [5.74, 6) is -1.43. The molecule has 128 valence electrons. The minimum Gasteiger partial charge on any atom is -0.481 e. The quantitative estimate of drug-likeness (QED) is 0.730. The van der Waals surface area contributed by atoms with Gasteiger partial charge in [-0.2, -0.15) is 0 Å². The van der Waals surface area contributed by atoms with Crippen LogP contribution in [0, 0.1) is 5.92 Å². The summed E-state index contributed by atoms with van der Waals surface area (Å²) in [5, 5.41) is 13.9. The maximum atomic E-state index is 12.3. The predicted molar refractivity (Wildman–Crippen MR) is 85.7 cm³/mol. The van der Waals surface area contributed by atoms with Gasteiger partial charge in [0.25, 0.3) is 5.91 Å². The molecule has 2 heterocycles. The van der Waals surface area contributed by atoms with Crippen molar-refractivity contribution in [3.05, 3.63) is 29.8 Å². The molecule has 7 heteroatoms. The van der Waals surface area contributed by atoms with Gasteiger partial charge in [-0.15, -0.1) is 0 Å². The maximum absolute atomic E-state index is 12.3. The summed E-state index contributed by atoms with van der Waals surface area (Å²) in [4.78, 5) is 34.6.